The molecule has 3 rings (SSSR count). The molecule has 2 aromatic rings. The maximum atomic E-state index is 11.8. The second kappa shape index (κ2) is 6.48. The van der Waals surface area contributed by atoms with Gasteiger partial charge in [-0.05, 0) is 43.2 Å². The zero-order valence-corrected chi connectivity index (χ0v) is 12.0. The number of carbonyl (C=O) groups excluding carboxylic acids is 1. The molecule has 4 heteroatoms. The minimum absolute atomic E-state index is 0.134. The Bertz CT molecular complexity index is 605. The molecule has 0 unspecified atom stereocenters. The summed E-state index contributed by atoms with van der Waals surface area (Å²) in [5.74, 6) is 1.55. The lowest BCUT2D eigenvalue weighted by Gasteiger charge is -2.17. The molecule has 0 spiro atoms. The van der Waals surface area contributed by atoms with Crippen molar-refractivity contribution < 1.29 is 14.3 Å². The minimum atomic E-state index is 0.134. The number of Topliss-reactive ketones (excluding diaryl/α,β-unsaturated/α-hetero) is 1. The van der Waals surface area contributed by atoms with Crippen molar-refractivity contribution in [3.8, 4) is 11.5 Å². The topological polar surface area (TPSA) is 40.5 Å². The Morgan fingerprint density at radius 2 is 2.05 bits per heavy atom. The summed E-state index contributed by atoms with van der Waals surface area (Å²) in [6.45, 7) is 2.15. The Morgan fingerprint density at radius 1 is 1.19 bits per heavy atom. The smallest absolute Gasteiger partial charge is 0.170 e. The van der Waals surface area contributed by atoms with Crippen LogP contribution in [0, 0.1) is 0 Å². The highest BCUT2D eigenvalue weighted by molar-refractivity contribution is 5.99. The summed E-state index contributed by atoms with van der Waals surface area (Å²) < 4.78 is 13.3. The minimum Gasteiger partial charge on any atom is -0.494 e. The summed E-state index contributed by atoms with van der Waals surface area (Å²) in [5, 5.41) is 0. The van der Waals surface area contributed by atoms with Gasteiger partial charge in [-0.1, -0.05) is 0 Å². The van der Waals surface area contributed by atoms with Gasteiger partial charge in [0, 0.05) is 25.4 Å². The highest BCUT2D eigenvalue weighted by Crippen LogP contribution is 2.28. The number of ether oxygens (including phenoxy) is 2. The maximum Gasteiger partial charge on any atom is 0.170 e. The van der Waals surface area contributed by atoms with Crippen LogP contribution in [0.5, 0.6) is 11.5 Å². The van der Waals surface area contributed by atoms with E-state index < -0.39 is 0 Å². The van der Waals surface area contributed by atoms with Crippen LogP contribution in [0.15, 0.2) is 42.7 Å². The molecule has 1 aromatic carbocycles. The number of nitrogens with zero attached hydrogens (tertiary/aromatic N) is 1. The third-order valence-corrected chi connectivity index (χ3v) is 3.58. The van der Waals surface area contributed by atoms with Crippen molar-refractivity contribution in [1.29, 1.82) is 0 Å². The molecule has 1 aromatic heterocycles. The first kappa shape index (κ1) is 13.7. The summed E-state index contributed by atoms with van der Waals surface area (Å²) in [6, 6.07) is 9.54. The molecular formula is C17H19NO3. The van der Waals surface area contributed by atoms with Gasteiger partial charge in [0.15, 0.2) is 5.78 Å². The number of rotatable bonds is 6. The average molecular weight is 285 g/mol. The van der Waals surface area contributed by atoms with E-state index in [0.717, 1.165) is 25.1 Å². The third-order valence-electron chi connectivity index (χ3n) is 3.58. The highest BCUT2D eigenvalue weighted by Gasteiger charge is 2.18. The molecule has 0 atom stereocenters. The van der Waals surface area contributed by atoms with Gasteiger partial charge in [-0.3, -0.25) is 4.79 Å². The Hall–Kier alpha value is -2.23. The van der Waals surface area contributed by atoms with Crippen LogP contribution in [0.1, 0.15) is 29.6 Å². The average Bonchev–Trinajstić information content (AvgIpc) is 3.01. The van der Waals surface area contributed by atoms with Gasteiger partial charge < -0.3 is 14.0 Å². The molecule has 0 aliphatic carbocycles. The SMILES string of the molecule is O=C1CCOc2ccc(OCCCCn3cccc3)cc21. The fraction of sp³-hybridized carbons (Fsp3) is 0.353. The van der Waals surface area contributed by atoms with Crippen LogP contribution in [0.25, 0.3) is 0 Å². The molecular weight excluding hydrogens is 266 g/mol. The summed E-state index contributed by atoms with van der Waals surface area (Å²) in [5.41, 5.74) is 0.645. The van der Waals surface area contributed by atoms with E-state index in [4.69, 9.17) is 9.47 Å². The number of hydrogen-bond acceptors (Lipinski definition) is 3. The van der Waals surface area contributed by atoms with E-state index in [2.05, 4.69) is 17.0 Å². The molecule has 0 fully saturated rings. The van der Waals surface area contributed by atoms with Crippen LogP contribution >= 0.6 is 0 Å². The number of aryl methyl sites for hydroxylation is 1. The number of unbranched alkanes of at least 4 members (excludes halogenated alkanes) is 1. The lowest BCUT2D eigenvalue weighted by molar-refractivity contribution is 0.0933. The Kier molecular flexibility index (Phi) is 4.24. The molecule has 0 radical (unpaired) electrons. The van der Waals surface area contributed by atoms with E-state index >= 15 is 0 Å². The normalized spacial score (nSPS) is 13.6. The van der Waals surface area contributed by atoms with Crippen molar-refractivity contribution in [3.05, 3.63) is 48.3 Å². The summed E-state index contributed by atoms with van der Waals surface area (Å²) in [4.78, 5) is 11.8. The lowest BCUT2D eigenvalue weighted by Crippen LogP contribution is -2.15. The molecule has 1 aliphatic heterocycles. The molecule has 4 nitrogen and oxygen atoms in total. The molecule has 110 valence electrons. The largest absolute Gasteiger partial charge is 0.494 e. The molecule has 21 heavy (non-hydrogen) atoms. The van der Waals surface area contributed by atoms with Gasteiger partial charge in [0.1, 0.15) is 11.5 Å². The van der Waals surface area contributed by atoms with Crippen LogP contribution in [0.4, 0.5) is 0 Å². The van der Waals surface area contributed by atoms with Crippen LogP contribution in [0.2, 0.25) is 0 Å². The van der Waals surface area contributed by atoms with E-state index in [-0.39, 0.29) is 5.78 Å². The summed E-state index contributed by atoms with van der Waals surface area (Å²) >= 11 is 0. The van der Waals surface area contributed by atoms with Crippen molar-refractivity contribution in [2.75, 3.05) is 13.2 Å². The number of fused-ring (bicyclic) bond motifs is 1. The lowest BCUT2D eigenvalue weighted by atomic mass is 10.0. The summed E-state index contributed by atoms with van der Waals surface area (Å²) in [7, 11) is 0. The molecule has 0 amide bonds. The monoisotopic (exact) mass is 285 g/mol. The van der Waals surface area contributed by atoms with Crippen molar-refractivity contribution in [1.82, 2.24) is 4.57 Å². The predicted octanol–water partition coefficient (Wildman–Crippen LogP) is 3.31. The van der Waals surface area contributed by atoms with E-state index in [1.165, 1.54) is 0 Å². The van der Waals surface area contributed by atoms with Gasteiger partial charge in [-0.25, -0.2) is 0 Å². The Balaban J connectivity index is 1.47. The molecule has 0 saturated carbocycles. The predicted molar refractivity (Wildman–Crippen MR) is 80.0 cm³/mol. The van der Waals surface area contributed by atoms with Crippen LogP contribution in [0.3, 0.4) is 0 Å². The van der Waals surface area contributed by atoms with Gasteiger partial charge in [-0.2, -0.15) is 0 Å². The molecule has 1 aliphatic rings. The molecule has 0 N–H and O–H groups in total. The van der Waals surface area contributed by atoms with E-state index in [0.29, 0.717) is 30.9 Å². The first-order valence-corrected chi connectivity index (χ1v) is 7.36. The second-order valence-corrected chi connectivity index (χ2v) is 5.16. The van der Waals surface area contributed by atoms with Gasteiger partial charge in [0.2, 0.25) is 0 Å². The summed E-state index contributed by atoms with van der Waals surface area (Å²) in [6.07, 6.45) is 6.64. The van der Waals surface area contributed by atoms with Crippen molar-refractivity contribution in [2.24, 2.45) is 0 Å². The molecule has 0 saturated heterocycles. The number of hydrogen-bond donors (Lipinski definition) is 0. The standard InChI is InChI=1S/C17H19NO3/c19-16-7-12-21-17-6-5-14(13-15(16)17)20-11-4-3-10-18-8-1-2-9-18/h1-2,5-6,8-9,13H,3-4,7,10-12H2. The Labute approximate surface area is 124 Å². The fourth-order valence-electron chi connectivity index (χ4n) is 2.44. The second-order valence-electron chi connectivity index (χ2n) is 5.16. The first-order valence-electron chi connectivity index (χ1n) is 7.36. The van der Waals surface area contributed by atoms with Gasteiger partial charge >= 0.3 is 0 Å². The van der Waals surface area contributed by atoms with Crippen molar-refractivity contribution in [3.63, 3.8) is 0 Å². The van der Waals surface area contributed by atoms with Crippen LogP contribution in [-0.4, -0.2) is 23.6 Å². The number of ketones is 1. The van der Waals surface area contributed by atoms with Gasteiger partial charge in [-0.15, -0.1) is 0 Å². The molecule has 2 heterocycles. The first-order chi connectivity index (χ1) is 10.3. The number of carbonyl (C=O) groups is 1. The van der Waals surface area contributed by atoms with E-state index in [1.807, 2.05) is 24.3 Å². The van der Waals surface area contributed by atoms with E-state index in [9.17, 15) is 4.79 Å². The van der Waals surface area contributed by atoms with Crippen LogP contribution < -0.4 is 9.47 Å². The van der Waals surface area contributed by atoms with Gasteiger partial charge in [0.05, 0.1) is 18.8 Å². The maximum absolute atomic E-state index is 11.8. The Morgan fingerprint density at radius 3 is 2.90 bits per heavy atom. The van der Waals surface area contributed by atoms with Crippen molar-refractivity contribution >= 4 is 5.78 Å². The third kappa shape index (κ3) is 3.45. The highest BCUT2D eigenvalue weighted by atomic mass is 16.5. The van der Waals surface area contributed by atoms with Crippen molar-refractivity contribution in [2.45, 2.75) is 25.8 Å². The van der Waals surface area contributed by atoms with Gasteiger partial charge in [0.25, 0.3) is 0 Å². The number of aromatic nitrogens is 1. The quantitative estimate of drug-likeness (QED) is 0.764. The zero-order valence-electron chi connectivity index (χ0n) is 12.0. The van der Waals surface area contributed by atoms with Crippen LogP contribution in [-0.2, 0) is 6.54 Å². The fourth-order valence-corrected chi connectivity index (χ4v) is 2.44. The zero-order chi connectivity index (χ0) is 14.5. The number of benzene rings is 1. The molecule has 0 bridgehead atoms. The van der Waals surface area contributed by atoms with E-state index in [1.54, 1.807) is 6.07 Å².